The van der Waals surface area contributed by atoms with Gasteiger partial charge in [-0.3, -0.25) is 14.7 Å². The normalized spacial score (nSPS) is 10.8. The van der Waals surface area contributed by atoms with Crippen LogP contribution in [0.25, 0.3) is 10.2 Å². The molecule has 1 amide bonds. The van der Waals surface area contributed by atoms with Crippen LogP contribution in [-0.4, -0.2) is 29.0 Å². The second-order valence-electron chi connectivity index (χ2n) is 6.48. The van der Waals surface area contributed by atoms with E-state index in [1.807, 2.05) is 0 Å². The van der Waals surface area contributed by atoms with Crippen LogP contribution in [0.5, 0.6) is 0 Å². The maximum absolute atomic E-state index is 14.2. The van der Waals surface area contributed by atoms with Gasteiger partial charge in [0, 0.05) is 12.3 Å². The summed E-state index contributed by atoms with van der Waals surface area (Å²) in [6.45, 7) is 0.0130. The average molecular weight is 439 g/mol. The molecule has 4 rings (SSSR count). The van der Waals surface area contributed by atoms with Crippen molar-refractivity contribution in [1.82, 2.24) is 9.97 Å². The van der Waals surface area contributed by atoms with Gasteiger partial charge in [0.2, 0.25) is 0 Å². The van der Waals surface area contributed by atoms with E-state index in [1.54, 1.807) is 36.5 Å². The van der Waals surface area contributed by atoms with Crippen molar-refractivity contribution in [3.05, 3.63) is 89.2 Å². The van der Waals surface area contributed by atoms with Gasteiger partial charge < -0.3 is 4.74 Å². The Morgan fingerprint density at radius 2 is 1.81 bits per heavy atom. The summed E-state index contributed by atoms with van der Waals surface area (Å²) < 4.78 is 32.9. The number of fused-ring (bicyclic) bond motifs is 1. The molecule has 0 saturated carbocycles. The number of hydrogen-bond acceptors (Lipinski definition) is 6. The summed E-state index contributed by atoms with van der Waals surface area (Å²) in [6.07, 6.45) is 1.58. The van der Waals surface area contributed by atoms with Crippen molar-refractivity contribution in [2.45, 2.75) is 6.54 Å². The molecule has 0 radical (unpaired) electrons. The molecule has 0 saturated heterocycles. The van der Waals surface area contributed by atoms with Gasteiger partial charge in [0.1, 0.15) is 11.3 Å². The number of halogens is 2. The third kappa shape index (κ3) is 4.13. The molecule has 6 nitrogen and oxygen atoms in total. The number of ether oxygens (including phenoxy) is 1. The second kappa shape index (κ2) is 8.57. The van der Waals surface area contributed by atoms with Crippen LogP contribution in [0.4, 0.5) is 13.9 Å². The SMILES string of the molecule is COC(=O)c1ccccc1C(=O)N(Cc1ccccn1)c1nc2c(F)cc(F)cc2s1. The van der Waals surface area contributed by atoms with Crippen molar-refractivity contribution in [3.8, 4) is 0 Å². The third-order valence-corrected chi connectivity index (χ3v) is 5.51. The summed E-state index contributed by atoms with van der Waals surface area (Å²) in [5, 5.41) is 0.148. The molecule has 0 fully saturated rings. The number of hydrogen-bond donors (Lipinski definition) is 0. The number of benzene rings is 2. The molecule has 4 aromatic rings. The first-order chi connectivity index (χ1) is 15.0. The highest BCUT2D eigenvalue weighted by Gasteiger charge is 2.27. The highest BCUT2D eigenvalue weighted by Crippen LogP contribution is 2.33. The lowest BCUT2D eigenvalue weighted by Crippen LogP contribution is -2.32. The predicted octanol–water partition coefficient (Wildman–Crippen LogP) is 4.60. The molecule has 0 aliphatic heterocycles. The van der Waals surface area contributed by atoms with Crippen molar-refractivity contribution in [3.63, 3.8) is 0 Å². The minimum Gasteiger partial charge on any atom is -0.465 e. The molecule has 0 aliphatic carbocycles. The Balaban J connectivity index is 1.83. The molecule has 2 aromatic heterocycles. The van der Waals surface area contributed by atoms with Crippen LogP contribution in [0.2, 0.25) is 0 Å². The highest BCUT2D eigenvalue weighted by molar-refractivity contribution is 7.22. The number of esters is 1. The van der Waals surface area contributed by atoms with Crippen LogP contribution in [0, 0.1) is 11.6 Å². The Bertz CT molecular complexity index is 1280. The molecular weight excluding hydrogens is 424 g/mol. The molecule has 0 spiro atoms. The molecule has 2 heterocycles. The number of anilines is 1. The lowest BCUT2D eigenvalue weighted by molar-refractivity contribution is 0.0597. The van der Waals surface area contributed by atoms with Crippen LogP contribution in [0.3, 0.4) is 0 Å². The zero-order chi connectivity index (χ0) is 22.0. The minimum atomic E-state index is -0.822. The van der Waals surface area contributed by atoms with E-state index in [-0.39, 0.29) is 33.0 Å². The molecule has 2 aromatic carbocycles. The molecule has 0 N–H and O–H groups in total. The van der Waals surface area contributed by atoms with Crippen LogP contribution >= 0.6 is 11.3 Å². The van der Waals surface area contributed by atoms with Crippen molar-refractivity contribution >= 4 is 38.6 Å². The summed E-state index contributed by atoms with van der Waals surface area (Å²) in [6, 6.07) is 13.3. The maximum Gasteiger partial charge on any atom is 0.338 e. The highest BCUT2D eigenvalue weighted by atomic mass is 32.1. The van der Waals surface area contributed by atoms with Crippen LogP contribution in [-0.2, 0) is 11.3 Å². The third-order valence-electron chi connectivity index (χ3n) is 4.49. The fourth-order valence-electron chi connectivity index (χ4n) is 3.04. The Hall–Kier alpha value is -3.72. The molecule has 0 bridgehead atoms. The van der Waals surface area contributed by atoms with E-state index in [1.165, 1.54) is 24.1 Å². The summed E-state index contributed by atoms with van der Waals surface area (Å²) in [5.74, 6) is -2.78. The summed E-state index contributed by atoms with van der Waals surface area (Å²) >= 11 is 0.966. The van der Waals surface area contributed by atoms with Gasteiger partial charge in [-0.2, -0.15) is 0 Å². The number of amides is 1. The van der Waals surface area contributed by atoms with Crippen LogP contribution in [0.15, 0.2) is 60.8 Å². The number of pyridine rings is 1. The second-order valence-corrected chi connectivity index (χ2v) is 7.49. The van der Waals surface area contributed by atoms with Gasteiger partial charge in [0.15, 0.2) is 10.9 Å². The smallest absolute Gasteiger partial charge is 0.338 e. The van der Waals surface area contributed by atoms with Crippen LogP contribution < -0.4 is 4.90 Å². The largest absolute Gasteiger partial charge is 0.465 e. The number of aromatic nitrogens is 2. The van der Waals surface area contributed by atoms with Gasteiger partial charge in [-0.05, 0) is 30.3 Å². The van der Waals surface area contributed by atoms with E-state index in [4.69, 9.17) is 4.74 Å². The molecule has 0 unspecified atom stereocenters. The van der Waals surface area contributed by atoms with Gasteiger partial charge in [0.05, 0.1) is 35.2 Å². The van der Waals surface area contributed by atoms with E-state index in [2.05, 4.69) is 9.97 Å². The zero-order valence-electron chi connectivity index (χ0n) is 16.2. The Morgan fingerprint density at radius 1 is 1.06 bits per heavy atom. The Labute approximate surface area is 179 Å². The van der Waals surface area contributed by atoms with Gasteiger partial charge in [-0.1, -0.05) is 29.5 Å². The first-order valence-electron chi connectivity index (χ1n) is 9.12. The van der Waals surface area contributed by atoms with Gasteiger partial charge in [-0.25, -0.2) is 18.6 Å². The van der Waals surface area contributed by atoms with Crippen molar-refractivity contribution in [2.75, 3.05) is 12.0 Å². The van der Waals surface area contributed by atoms with Gasteiger partial charge in [0.25, 0.3) is 5.91 Å². The van der Waals surface area contributed by atoms with E-state index >= 15 is 0 Å². The quantitative estimate of drug-likeness (QED) is 0.425. The van der Waals surface area contributed by atoms with E-state index in [9.17, 15) is 18.4 Å². The minimum absolute atomic E-state index is 0.0130. The first kappa shape index (κ1) is 20.5. The topological polar surface area (TPSA) is 72.4 Å². The lowest BCUT2D eigenvalue weighted by atomic mass is 10.1. The van der Waals surface area contributed by atoms with Crippen molar-refractivity contribution in [2.24, 2.45) is 0 Å². The Morgan fingerprint density at radius 3 is 2.52 bits per heavy atom. The van der Waals surface area contributed by atoms with Crippen molar-refractivity contribution < 1.29 is 23.1 Å². The number of carbonyl (C=O) groups is 2. The van der Waals surface area contributed by atoms with Gasteiger partial charge in [-0.15, -0.1) is 0 Å². The standard InChI is InChI=1S/C22H15F2N3O3S/c1-30-21(29)16-8-3-2-7-15(16)20(28)27(12-14-6-4-5-9-25-14)22-26-19-17(24)10-13(23)11-18(19)31-22/h2-11H,12H2,1H3. The predicted molar refractivity (Wildman–Crippen MR) is 112 cm³/mol. The van der Waals surface area contributed by atoms with Crippen molar-refractivity contribution in [1.29, 1.82) is 0 Å². The Kier molecular flexibility index (Phi) is 5.68. The average Bonchev–Trinajstić information content (AvgIpc) is 3.21. The fraction of sp³-hybridized carbons (Fsp3) is 0.0909. The molecule has 9 heteroatoms. The molecule has 0 atom stereocenters. The number of carbonyl (C=O) groups excluding carboxylic acids is 2. The fourth-order valence-corrected chi connectivity index (χ4v) is 4.05. The molecular formula is C22H15F2N3O3S. The molecule has 31 heavy (non-hydrogen) atoms. The lowest BCUT2D eigenvalue weighted by Gasteiger charge is -2.20. The molecule has 156 valence electrons. The number of thiazole rings is 1. The zero-order valence-corrected chi connectivity index (χ0v) is 17.0. The maximum atomic E-state index is 14.2. The number of methoxy groups -OCH3 is 1. The first-order valence-corrected chi connectivity index (χ1v) is 9.94. The summed E-state index contributed by atoms with van der Waals surface area (Å²) in [7, 11) is 1.22. The summed E-state index contributed by atoms with van der Waals surface area (Å²) in [4.78, 5) is 35.4. The van der Waals surface area contributed by atoms with E-state index in [0.717, 1.165) is 23.5 Å². The van der Waals surface area contributed by atoms with E-state index in [0.29, 0.717) is 5.69 Å². The van der Waals surface area contributed by atoms with Crippen LogP contribution in [0.1, 0.15) is 26.4 Å². The van der Waals surface area contributed by atoms with E-state index < -0.39 is 23.5 Å². The number of rotatable bonds is 5. The monoisotopic (exact) mass is 439 g/mol. The van der Waals surface area contributed by atoms with Gasteiger partial charge >= 0.3 is 5.97 Å². The molecule has 0 aliphatic rings. The number of nitrogens with zero attached hydrogens (tertiary/aromatic N) is 3. The summed E-state index contributed by atoms with van der Waals surface area (Å²) in [5.41, 5.74) is 0.689.